The Bertz CT molecular complexity index is 964. The Labute approximate surface area is 177 Å². The predicted octanol–water partition coefficient (Wildman–Crippen LogP) is 3.49. The van der Waals surface area contributed by atoms with Gasteiger partial charge in [-0.1, -0.05) is 17.8 Å². The number of hydrogen-bond donors (Lipinski definition) is 1. The summed E-state index contributed by atoms with van der Waals surface area (Å²) in [6.07, 6.45) is 0.390. The first kappa shape index (κ1) is 21.6. The molecule has 9 heteroatoms. The second kappa shape index (κ2) is 9.62. The molecule has 1 fully saturated rings. The van der Waals surface area contributed by atoms with Crippen LogP contribution in [-0.2, 0) is 16.0 Å². The molecular formula is C21H21FN2O5S. The van der Waals surface area contributed by atoms with Gasteiger partial charge in [-0.25, -0.2) is 9.38 Å². The molecule has 2 aromatic carbocycles. The summed E-state index contributed by atoms with van der Waals surface area (Å²) in [6.45, 7) is 0.313. The third-order valence-electron chi connectivity index (χ3n) is 4.54. The Morgan fingerprint density at radius 1 is 1.20 bits per heavy atom. The van der Waals surface area contributed by atoms with Gasteiger partial charge in [0, 0.05) is 6.54 Å². The molecule has 0 aliphatic carbocycles. The molecule has 2 aromatic rings. The molecule has 1 atom stereocenters. The van der Waals surface area contributed by atoms with E-state index in [0.29, 0.717) is 30.2 Å². The zero-order valence-corrected chi connectivity index (χ0v) is 17.3. The minimum atomic E-state index is -1.07. The van der Waals surface area contributed by atoms with Gasteiger partial charge in [0.15, 0.2) is 16.7 Å². The molecule has 1 amide bonds. The smallest absolute Gasteiger partial charge is 0.317 e. The van der Waals surface area contributed by atoms with Crippen LogP contribution in [0.1, 0.15) is 12.0 Å². The number of amidine groups is 1. The number of thioether (sulfide) groups is 1. The SMILES string of the molecule is COc1ccc(CCN2C(=O)CC(C(=O)O)SC2=Nc2ccc(F)cc2)cc1OC. The maximum absolute atomic E-state index is 13.2. The van der Waals surface area contributed by atoms with E-state index in [2.05, 4.69) is 4.99 Å². The summed E-state index contributed by atoms with van der Waals surface area (Å²) >= 11 is 1.02. The molecule has 0 aromatic heterocycles. The number of rotatable bonds is 7. The van der Waals surface area contributed by atoms with Crippen molar-refractivity contribution in [1.29, 1.82) is 0 Å². The molecule has 1 unspecified atom stereocenters. The Morgan fingerprint density at radius 2 is 1.90 bits per heavy atom. The fourth-order valence-corrected chi connectivity index (χ4v) is 4.02. The summed E-state index contributed by atoms with van der Waals surface area (Å²) in [5, 5.41) is 8.73. The van der Waals surface area contributed by atoms with Crippen molar-refractivity contribution < 1.29 is 28.6 Å². The first-order valence-electron chi connectivity index (χ1n) is 9.16. The number of carboxylic acid groups (broad SMARTS) is 1. The lowest BCUT2D eigenvalue weighted by Crippen LogP contribution is -2.44. The number of nitrogens with zero attached hydrogens (tertiary/aromatic N) is 2. The second-order valence-electron chi connectivity index (χ2n) is 6.50. The van der Waals surface area contributed by atoms with Gasteiger partial charge in [0.25, 0.3) is 0 Å². The number of aliphatic carboxylic acids is 1. The lowest BCUT2D eigenvalue weighted by molar-refractivity contribution is -0.139. The highest BCUT2D eigenvalue weighted by Gasteiger charge is 2.35. The second-order valence-corrected chi connectivity index (χ2v) is 7.67. The van der Waals surface area contributed by atoms with Crippen LogP contribution < -0.4 is 9.47 Å². The van der Waals surface area contributed by atoms with Crippen molar-refractivity contribution in [2.45, 2.75) is 18.1 Å². The summed E-state index contributed by atoms with van der Waals surface area (Å²) in [7, 11) is 3.10. The predicted molar refractivity (Wildman–Crippen MR) is 112 cm³/mol. The third-order valence-corrected chi connectivity index (χ3v) is 5.71. The Kier molecular flexibility index (Phi) is 6.94. The van der Waals surface area contributed by atoms with Crippen LogP contribution in [0.5, 0.6) is 11.5 Å². The number of halogens is 1. The highest BCUT2D eigenvalue weighted by molar-refractivity contribution is 8.15. The van der Waals surface area contributed by atoms with Crippen molar-refractivity contribution in [2.24, 2.45) is 4.99 Å². The number of ether oxygens (including phenoxy) is 2. The lowest BCUT2D eigenvalue weighted by Gasteiger charge is -2.30. The minimum absolute atomic E-state index is 0.117. The van der Waals surface area contributed by atoms with E-state index in [1.165, 1.54) is 29.2 Å². The van der Waals surface area contributed by atoms with Gasteiger partial charge in [0.05, 0.1) is 26.3 Å². The number of carbonyl (C=O) groups is 2. The van der Waals surface area contributed by atoms with E-state index >= 15 is 0 Å². The van der Waals surface area contributed by atoms with E-state index in [0.717, 1.165) is 17.3 Å². The van der Waals surface area contributed by atoms with Crippen LogP contribution in [0.25, 0.3) is 0 Å². The maximum Gasteiger partial charge on any atom is 0.317 e. The molecule has 158 valence electrons. The normalized spacial score (nSPS) is 17.8. The topological polar surface area (TPSA) is 88.4 Å². The molecule has 1 aliphatic rings. The lowest BCUT2D eigenvalue weighted by atomic mass is 10.1. The van der Waals surface area contributed by atoms with Crippen LogP contribution in [0.4, 0.5) is 10.1 Å². The minimum Gasteiger partial charge on any atom is -0.493 e. The van der Waals surface area contributed by atoms with Crippen molar-refractivity contribution in [1.82, 2.24) is 4.90 Å². The maximum atomic E-state index is 13.2. The number of amides is 1. The van der Waals surface area contributed by atoms with Gasteiger partial charge in [-0.2, -0.15) is 0 Å². The first-order valence-corrected chi connectivity index (χ1v) is 10.0. The van der Waals surface area contributed by atoms with Crippen LogP contribution in [-0.4, -0.2) is 53.1 Å². The number of benzene rings is 2. The van der Waals surface area contributed by atoms with Gasteiger partial charge in [-0.05, 0) is 48.4 Å². The molecule has 0 bridgehead atoms. The average Bonchev–Trinajstić information content (AvgIpc) is 2.74. The van der Waals surface area contributed by atoms with E-state index in [-0.39, 0.29) is 17.5 Å². The molecule has 1 saturated heterocycles. The molecule has 30 heavy (non-hydrogen) atoms. The van der Waals surface area contributed by atoms with Crippen LogP contribution in [0, 0.1) is 5.82 Å². The Hall–Kier alpha value is -3.07. The zero-order valence-electron chi connectivity index (χ0n) is 16.5. The standard InChI is InChI=1S/C21H21FN2O5S/c1-28-16-8-3-13(11-17(16)29-2)9-10-24-19(25)12-18(20(26)27)30-21(24)23-15-6-4-14(22)5-7-15/h3-8,11,18H,9-10,12H2,1-2H3,(H,26,27). The van der Waals surface area contributed by atoms with E-state index in [9.17, 15) is 19.1 Å². The molecule has 0 saturated carbocycles. The van der Waals surface area contributed by atoms with Crippen LogP contribution in [0.15, 0.2) is 47.5 Å². The Morgan fingerprint density at radius 3 is 2.53 bits per heavy atom. The van der Waals surface area contributed by atoms with Gasteiger partial charge in [0.1, 0.15) is 11.1 Å². The number of carbonyl (C=O) groups excluding carboxylic acids is 1. The number of aliphatic imine (C=N–C) groups is 1. The van der Waals surface area contributed by atoms with E-state index in [1.807, 2.05) is 12.1 Å². The number of methoxy groups -OCH3 is 2. The van der Waals surface area contributed by atoms with Gasteiger partial charge in [-0.3, -0.25) is 14.5 Å². The van der Waals surface area contributed by atoms with Crippen molar-refractivity contribution in [3.8, 4) is 11.5 Å². The highest BCUT2D eigenvalue weighted by atomic mass is 32.2. The fourth-order valence-electron chi connectivity index (χ4n) is 2.96. The largest absolute Gasteiger partial charge is 0.493 e. The van der Waals surface area contributed by atoms with Crippen LogP contribution >= 0.6 is 11.8 Å². The molecule has 0 radical (unpaired) electrons. The summed E-state index contributed by atoms with van der Waals surface area (Å²) in [6, 6.07) is 11.0. The van der Waals surface area contributed by atoms with Crippen LogP contribution in [0.2, 0.25) is 0 Å². The van der Waals surface area contributed by atoms with Gasteiger partial charge >= 0.3 is 5.97 Å². The number of hydrogen-bond acceptors (Lipinski definition) is 6. The van der Waals surface area contributed by atoms with Crippen molar-refractivity contribution >= 4 is 34.5 Å². The zero-order chi connectivity index (χ0) is 21.7. The fraction of sp³-hybridized carbons (Fsp3) is 0.286. The van der Waals surface area contributed by atoms with Crippen molar-refractivity contribution in [3.05, 3.63) is 53.8 Å². The summed E-state index contributed by atoms with van der Waals surface area (Å²) in [4.78, 5) is 30.0. The van der Waals surface area contributed by atoms with E-state index < -0.39 is 17.0 Å². The molecule has 7 nitrogen and oxygen atoms in total. The monoisotopic (exact) mass is 432 g/mol. The van der Waals surface area contributed by atoms with Gasteiger partial charge in [-0.15, -0.1) is 0 Å². The number of carboxylic acids is 1. The molecule has 1 aliphatic heterocycles. The summed E-state index contributed by atoms with van der Waals surface area (Å²) in [5.41, 5.74) is 1.36. The third kappa shape index (κ3) is 5.10. The molecule has 0 spiro atoms. The molecule has 1 heterocycles. The average molecular weight is 432 g/mol. The van der Waals surface area contributed by atoms with Crippen LogP contribution in [0.3, 0.4) is 0 Å². The van der Waals surface area contributed by atoms with E-state index in [1.54, 1.807) is 20.3 Å². The molecular weight excluding hydrogens is 411 g/mol. The summed E-state index contributed by atoms with van der Waals surface area (Å²) in [5.74, 6) is -0.601. The van der Waals surface area contributed by atoms with Crippen molar-refractivity contribution in [2.75, 3.05) is 20.8 Å². The van der Waals surface area contributed by atoms with Crippen molar-refractivity contribution in [3.63, 3.8) is 0 Å². The molecule has 3 rings (SSSR count). The quantitative estimate of drug-likeness (QED) is 0.721. The first-order chi connectivity index (χ1) is 14.4. The Balaban J connectivity index is 1.83. The van der Waals surface area contributed by atoms with Gasteiger partial charge in [0.2, 0.25) is 5.91 Å². The van der Waals surface area contributed by atoms with Gasteiger partial charge < -0.3 is 14.6 Å². The molecule has 1 N–H and O–H groups in total. The summed E-state index contributed by atoms with van der Waals surface area (Å²) < 4.78 is 23.7. The van der Waals surface area contributed by atoms with E-state index in [4.69, 9.17) is 9.47 Å². The highest BCUT2D eigenvalue weighted by Crippen LogP contribution is 2.31.